The fourth-order valence-electron chi connectivity index (χ4n) is 3.16. The summed E-state index contributed by atoms with van der Waals surface area (Å²) >= 11 is 0. The van der Waals surface area contributed by atoms with Crippen LogP contribution in [0.5, 0.6) is 0 Å². The molecule has 1 saturated carbocycles. The molecule has 2 nitrogen and oxygen atoms in total. The van der Waals surface area contributed by atoms with Gasteiger partial charge < -0.3 is 10.0 Å². The van der Waals surface area contributed by atoms with Gasteiger partial charge in [0.05, 0.1) is 5.60 Å². The van der Waals surface area contributed by atoms with Crippen LogP contribution in [-0.4, -0.2) is 36.2 Å². The first-order valence-electron chi connectivity index (χ1n) is 7.12. The maximum Gasteiger partial charge on any atom is 0.126 e. The van der Waals surface area contributed by atoms with E-state index in [9.17, 15) is 9.50 Å². The summed E-state index contributed by atoms with van der Waals surface area (Å²) in [5.74, 6) is 0.0868. The van der Waals surface area contributed by atoms with Gasteiger partial charge in [0.2, 0.25) is 0 Å². The molecule has 0 heterocycles. The van der Waals surface area contributed by atoms with Gasteiger partial charge in [0, 0.05) is 6.42 Å². The summed E-state index contributed by atoms with van der Waals surface area (Å²) in [4.78, 5) is 2.14. The number of hydrogen-bond donors (Lipinski definition) is 1. The topological polar surface area (TPSA) is 23.5 Å². The fourth-order valence-corrected chi connectivity index (χ4v) is 3.16. The van der Waals surface area contributed by atoms with E-state index in [1.165, 1.54) is 6.07 Å². The first-order valence-corrected chi connectivity index (χ1v) is 7.12. The molecule has 114 valence electrons. The van der Waals surface area contributed by atoms with E-state index >= 15 is 0 Å². The van der Waals surface area contributed by atoms with Gasteiger partial charge in [0.1, 0.15) is 5.82 Å². The minimum atomic E-state index is -0.724. The number of halogens is 2. The molecule has 0 unspecified atom stereocenters. The van der Waals surface area contributed by atoms with E-state index in [1.54, 1.807) is 12.1 Å². The minimum absolute atomic E-state index is 0. The normalized spacial score (nSPS) is 25.8. The van der Waals surface area contributed by atoms with Gasteiger partial charge in [-0.25, -0.2) is 4.39 Å². The Hall–Kier alpha value is -0.640. The Kier molecular flexibility index (Phi) is 6.44. The molecule has 0 amide bonds. The number of aliphatic hydroxyl groups is 1. The van der Waals surface area contributed by atoms with Gasteiger partial charge in [-0.15, -0.1) is 12.4 Å². The minimum Gasteiger partial charge on any atom is -0.389 e. The lowest BCUT2D eigenvalue weighted by atomic mass is 9.83. The summed E-state index contributed by atoms with van der Waals surface area (Å²) in [5.41, 5.74) is -0.0835. The van der Waals surface area contributed by atoms with Crippen LogP contribution in [0.1, 0.15) is 31.2 Å². The zero-order chi connectivity index (χ0) is 13.9. The Morgan fingerprint density at radius 1 is 1.35 bits per heavy atom. The van der Waals surface area contributed by atoms with Crippen molar-refractivity contribution < 1.29 is 9.50 Å². The number of rotatable bonds is 5. The quantitative estimate of drug-likeness (QED) is 0.902. The maximum atomic E-state index is 13.7. The Morgan fingerprint density at radius 2 is 2.05 bits per heavy atom. The highest BCUT2D eigenvalue weighted by Gasteiger charge is 2.41. The van der Waals surface area contributed by atoms with Crippen LogP contribution in [-0.2, 0) is 6.42 Å². The van der Waals surface area contributed by atoms with E-state index < -0.39 is 5.60 Å². The van der Waals surface area contributed by atoms with Crippen LogP contribution in [0.15, 0.2) is 24.3 Å². The molecule has 1 fully saturated rings. The van der Waals surface area contributed by atoms with Gasteiger partial charge >= 0.3 is 0 Å². The second-order valence-corrected chi connectivity index (χ2v) is 6.05. The van der Waals surface area contributed by atoms with Gasteiger partial charge in [0.25, 0.3) is 0 Å². The zero-order valence-electron chi connectivity index (χ0n) is 12.3. The summed E-state index contributed by atoms with van der Waals surface area (Å²) in [7, 11) is 4.09. The molecule has 1 N–H and O–H groups in total. The van der Waals surface area contributed by atoms with E-state index in [0.717, 1.165) is 32.2 Å². The van der Waals surface area contributed by atoms with Gasteiger partial charge in [0.15, 0.2) is 0 Å². The van der Waals surface area contributed by atoms with Crippen molar-refractivity contribution in [2.45, 2.75) is 37.7 Å². The summed E-state index contributed by atoms with van der Waals surface area (Å²) in [6.45, 7) is 0.976. The Labute approximate surface area is 127 Å². The smallest absolute Gasteiger partial charge is 0.126 e. The number of nitrogens with zero attached hydrogens (tertiary/aromatic N) is 1. The van der Waals surface area contributed by atoms with Gasteiger partial charge in [-0.1, -0.05) is 24.6 Å². The lowest BCUT2D eigenvalue weighted by Gasteiger charge is -2.31. The van der Waals surface area contributed by atoms with E-state index in [2.05, 4.69) is 4.90 Å². The van der Waals surface area contributed by atoms with E-state index in [-0.39, 0.29) is 24.1 Å². The van der Waals surface area contributed by atoms with Crippen LogP contribution < -0.4 is 0 Å². The molecule has 0 radical (unpaired) electrons. The molecule has 2 rings (SSSR count). The van der Waals surface area contributed by atoms with Gasteiger partial charge in [-0.05, 0) is 57.5 Å². The molecule has 0 saturated heterocycles. The summed E-state index contributed by atoms with van der Waals surface area (Å²) in [6.07, 6.45) is 4.32. The summed E-state index contributed by atoms with van der Waals surface area (Å²) in [6, 6.07) is 6.80. The summed E-state index contributed by atoms with van der Waals surface area (Å²) < 4.78 is 13.7. The molecule has 0 aliphatic heterocycles. The third kappa shape index (κ3) is 4.18. The van der Waals surface area contributed by atoms with E-state index in [0.29, 0.717) is 12.0 Å². The molecule has 20 heavy (non-hydrogen) atoms. The van der Waals surface area contributed by atoms with Crippen LogP contribution in [0.3, 0.4) is 0 Å². The molecular formula is C16H25ClFNO. The molecule has 4 heteroatoms. The van der Waals surface area contributed by atoms with Crippen LogP contribution in [0, 0.1) is 11.7 Å². The predicted molar refractivity (Wildman–Crippen MR) is 82.8 cm³/mol. The molecule has 0 spiro atoms. The van der Waals surface area contributed by atoms with E-state index in [1.807, 2.05) is 20.2 Å². The first-order chi connectivity index (χ1) is 9.01. The average molecular weight is 302 g/mol. The van der Waals surface area contributed by atoms with Crippen LogP contribution in [0.2, 0.25) is 0 Å². The van der Waals surface area contributed by atoms with Crippen molar-refractivity contribution in [1.29, 1.82) is 0 Å². The molecule has 1 aliphatic rings. The van der Waals surface area contributed by atoms with Crippen LogP contribution >= 0.6 is 12.4 Å². The average Bonchev–Trinajstić information content (AvgIpc) is 2.71. The lowest BCUT2D eigenvalue weighted by Crippen LogP contribution is -2.37. The third-order valence-corrected chi connectivity index (χ3v) is 4.30. The third-order valence-electron chi connectivity index (χ3n) is 4.30. The second-order valence-electron chi connectivity index (χ2n) is 6.05. The van der Waals surface area contributed by atoms with Gasteiger partial charge in [-0.3, -0.25) is 0 Å². The molecule has 1 aromatic rings. The zero-order valence-corrected chi connectivity index (χ0v) is 13.1. The second kappa shape index (κ2) is 7.39. The van der Waals surface area contributed by atoms with Crippen molar-refractivity contribution in [2.24, 2.45) is 5.92 Å². The highest BCUT2D eigenvalue weighted by molar-refractivity contribution is 5.85. The standard InChI is InChI=1S/C16H24FNO.ClH/c1-18(2)11-9-14-7-5-10-16(14,19)12-13-6-3-4-8-15(13)17;/h3-4,6,8,14,19H,5,7,9-12H2,1-2H3;1H/t14-,16+;/m1./s1. The highest BCUT2D eigenvalue weighted by Crippen LogP contribution is 2.40. The fraction of sp³-hybridized carbons (Fsp3) is 0.625. The monoisotopic (exact) mass is 301 g/mol. The highest BCUT2D eigenvalue weighted by atomic mass is 35.5. The largest absolute Gasteiger partial charge is 0.389 e. The van der Waals surface area contributed by atoms with Crippen molar-refractivity contribution in [3.8, 4) is 0 Å². The van der Waals surface area contributed by atoms with Crippen molar-refractivity contribution in [2.75, 3.05) is 20.6 Å². The summed E-state index contributed by atoms with van der Waals surface area (Å²) in [5, 5.41) is 10.9. The number of hydrogen-bond acceptors (Lipinski definition) is 2. The SMILES string of the molecule is CN(C)CC[C@H]1CCC[C@]1(O)Cc1ccccc1F.Cl. The van der Waals surface area contributed by atoms with Crippen LogP contribution in [0.4, 0.5) is 4.39 Å². The Balaban J connectivity index is 0.00000200. The first kappa shape index (κ1) is 17.4. The predicted octanol–water partition coefficient (Wildman–Crippen LogP) is 3.27. The molecule has 1 aliphatic carbocycles. The van der Waals surface area contributed by atoms with Crippen molar-refractivity contribution in [1.82, 2.24) is 4.90 Å². The van der Waals surface area contributed by atoms with E-state index in [4.69, 9.17) is 0 Å². The number of benzene rings is 1. The molecular weight excluding hydrogens is 277 g/mol. The Bertz CT molecular complexity index is 427. The molecule has 2 atom stereocenters. The maximum absolute atomic E-state index is 13.7. The van der Waals surface area contributed by atoms with Crippen molar-refractivity contribution in [3.63, 3.8) is 0 Å². The van der Waals surface area contributed by atoms with Crippen LogP contribution in [0.25, 0.3) is 0 Å². The Morgan fingerprint density at radius 3 is 2.70 bits per heavy atom. The van der Waals surface area contributed by atoms with Crippen molar-refractivity contribution in [3.05, 3.63) is 35.6 Å². The molecule has 0 aromatic heterocycles. The molecule has 1 aromatic carbocycles. The van der Waals surface area contributed by atoms with Crippen molar-refractivity contribution >= 4 is 12.4 Å². The molecule has 0 bridgehead atoms. The lowest BCUT2D eigenvalue weighted by molar-refractivity contribution is -0.00298. The van der Waals surface area contributed by atoms with Gasteiger partial charge in [-0.2, -0.15) is 0 Å².